The molecular formula is C16H17FN2S. The van der Waals surface area contributed by atoms with Crippen LogP contribution in [0.3, 0.4) is 0 Å². The minimum atomic E-state index is -0.353. The Morgan fingerprint density at radius 3 is 2.65 bits per heavy atom. The molecule has 0 spiro atoms. The van der Waals surface area contributed by atoms with Crippen LogP contribution < -0.4 is 5.73 Å². The first-order chi connectivity index (χ1) is 9.45. The van der Waals surface area contributed by atoms with Crippen molar-refractivity contribution >= 4 is 17.6 Å². The predicted octanol–water partition coefficient (Wildman–Crippen LogP) is 4.02. The molecule has 0 amide bonds. The molecule has 0 saturated carbocycles. The summed E-state index contributed by atoms with van der Waals surface area (Å²) in [5.74, 6) is 0.194. The smallest absolute Gasteiger partial charge is 0.124 e. The second-order valence-electron chi connectivity index (χ2n) is 4.82. The maximum absolute atomic E-state index is 13.5. The molecule has 0 fully saturated rings. The van der Waals surface area contributed by atoms with Crippen LogP contribution in [0.4, 0.5) is 4.39 Å². The predicted molar refractivity (Wildman–Crippen MR) is 82.9 cm³/mol. The summed E-state index contributed by atoms with van der Waals surface area (Å²) in [6.07, 6.45) is 0. The molecule has 2 aromatic carbocycles. The number of rotatable bonds is 4. The van der Waals surface area contributed by atoms with Crippen LogP contribution in [0.15, 0.2) is 41.3 Å². The first-order valence-electron chi connectivity index (χ1n) is 6.29. The molecule has 0 aliphatic rings. The van der Waals surface area contributed by atoms with Crippen molar-refractivity contribution < 1.29 is 4.39 Å². The van der Waals surface area contributed by atoms with Crippen LogP contribution in [-0.4, -0.2) is 5.84 Å². The molecule has 0 aliphatic carbocycles. The van der Waals surface area contributed by atoms with Gasteiger partial charge in [0.05, 0.1) is 0 Å². The SMILES string of the molecule is Cc1ccc(C)c(SCc2cc(F)cc(C(=N)N)c2)c1. The van der Waals surface area contributed by atoms with E-state index in [4.69, 9.17) is 11.1 Å². The maximum atomic E-state index is 13.5. The van der Waals surface area contributed by atoms with Gasteiger partial charge in [-0.15, -0.1) is 11.8 Å². The highest BCUT2D eigenvalue weighted by Gasteiger charge is 2.05. The Balaban J connectivity index is 2.18. The summed E-state index contributed by atoms with van der Waals surface area (Å²) in [4.78, 5) is 1.19. The zero-order valence-electron chi connectivity index (χ0n) is 11.5. The number of halogens is 1. The third-order valence-corrected chi connectivity index (χ3v) is 4.24. The van der Waals surface area contributed by atoms with Crippen molar-refractivity contribution in [3.8, 4) is 0 Å². The Hall–Kier alpha value is -1.81. The van der Waals surface area contributed by atoms with Crippen LogP contribution in [0, 0.1) is 25.1 Å². The minimum absolute atomic E-state index is 0.109. The average molecular weight is 288 g/mol. The summed E-state index contributed by atoms with van der Waals surface area (Å²) in [6, 6.07) is 10.8. The molecule has 0 saturated heterocycles. The second kappa shape index (κ2) is 6.09. The molecule has 0 aromatic heterocycles. The number of benzene rings is 2. The van der Waals surface area contributed by atoms with Gasteiger partial charge in [0, 0.05) is 16.2 Å². The van der Waals surface area contributed by atoms with Crippen molar-refractivity contribution in [2.24, 2.45) is 5.73 Å². The molecular weight excluding hydrogens is 271 g/mol. The van der Waals surface area contributed by atoms with Gasteiger partial charge in [-0.3, -0.25) is 5.41 Å². The third-order valence-electron chi connectivity index (χ3n) is 3.01. The molecule has 20 heavy (non-hydrogen) atoms. The fraction of sp³-hybridized carbons (Fsp3) is 0.188. The Morgan fingerprint density at radius 2 is 1.95 bits per heavy atom. The quantitative estimate of drug-likeness (QED) is 0.507. The normalized spacial score (nSPS) is 10.6. The number of nitrogens with one attached hydrogen (secondary N) is 1. The molecule has 0 aliphatic heterocycles. The van der Waals surface area contributed by atoms with E-state index < -0.39 is 0 Å². The molecule has 3 N–H and O–H groups in total. The van der Waals surface area contributed by atoms with Gasteiger partial charge in [-0.05, 0) is 49.2 Å². The molecule has 4 heteroatoms. The van der Waals surface area contributed by atoms with E-state index in [1.165, 1.54) is 28.2 Å². The van der Waals surface area contributed by atoms with E-state index in [0.717, 1.165) is 5.56 Å². The van der Waals surface area contributed by atoms with Gasteiger partial charge in [-0.25, -0.2) is 4.39 Å². The fourth-order valence-electron chi connectivity index (χ4n) is 1.91. The lowest BCUT2D eigenvalue weighted by molar-refractivity contribution is 0.626. The molecule has 2 rings (SSSR count). The van der Waals surface area contributed by atoms with Gasteiger partial charge in [0.2, 0.25) is 0 Å². The first-order valence-corrected chi connectivity index (χ1v) is 7.28. The zero-order valence-corrected chi connectivity index (χ0v) is 12.4. The van der Waals surface area contributed by atoms with Gasteiger partial charge in [-0.2, -0.15) is 0 Å². The van der Waals surface area contributed by atoms with Gasteiger partial charge in [0.15, 0.2) is 0 Å². The van der Waals surface area contributed by atoms with Crippen LogP contribution in [0.25, 0.3) is 0 Å². The van der Waals surface area contributed by atoms with Crippen LogP contribution >= 0.6 is 11.8 Å². The number of aryl methyl sites for hydroxylation is 2. The zero-order chi connectivity index (χ0) is 14.7. The number of amidine groups is 1. The standard InChI is InChI=1S/C16H17FN2S/c1-10-3-4-11(2)15(5-10)20-9-12-6-13(16(18)19)8-14(17)7-12/h3-8H,9H2,1-2H3,(H3,18,19). The average Bonchev–Trinajstić information content (AvgIpc) is 2.39. The Bertz CT molecular complexity index is 653. The van der Waals surface area contributed by atoms with Gasteiger partial charge in [0.1, 0.15) is 11.7 Å². The van der Waals surface area contributed by atoms with Gasteiger partial charge in [-0.1, -0.05) is 17.7 Å². The Labute approximate surface area is 122 Å². The summed E-state index contributed by atoms with van der Waals surface area (Å²) in [6.45, 7) is 4.12. The molecule has 2 nitrogen and oxygen atoms in total. The Morgan fingerprint density at radius 1 is 1.20 bits per heavy atom. The second-order valence-corrected chi connectivity index (χ2v) is 5.84. The van der Waals surface area contributed by atoms with Crippen molar-refractivity contribution in [3.63, 3.8) is 0 Å². The summed E-state index contributed by atoms with van der Waals surface area (Å²) in [5, 5.41) is 7.39. The van der Waals surface area contributed by atoms with Crippen LogP contribution in [0.2, 0.25) is 0 Å². The van der Waals surface area contributed by atoms with E-state index in [1.54, 1.807) is 17.8 Å². The monoisotopic (exact) mass is 288 g/mol. The highest BCUT2D eigenvalue weighted by molar-refractivity contribution is 7.98. The summed E-state index contributed by atoms with van der Waals surface area (Å²) < 4.78 is 13.5. The molecule has 0 bridgehead atoms. The van der Waals surface area contributed by atoms with Crippen molar-refractivity contribution in [2.75, 3.05) is 0 Å². The first kappa shape index (κ1) is 14.6. The van der Waals surface area contributed by atoms with Crippen molar-refractivity contribution in [1.29, 1.82) is 5.41 Å². The van der Waals surface area contributed by atoms with Crippen LogP contribution in [0.1, 0.15) is 22.3 Å². The van der Waals surface area contributed by atoms with E-state index in [0.29, 0.717) is 11.3 Å². The highest BCUT2D eigenvalue weighted by Crippen LogP contribution is 2.27. The highest BCUT2D eigenvalue weighted by atomic mass is 32.2. The number of nitrogens with two attached hydrogens (primary N) is 1. The largest absolute Gasteiger partial charge is 0.384 e. The number of hydrogen-bond donors (Lipinski definition) is 2. The molecule has 0 atom stereocenters. The lowest BCUT2D eigenvalue weighted by atomic mass is 10.1. The van der Waals surface area contributed by atoms with E-state index in [2.05, 4.69) is 32.0 Å². The van der Waals surface area contributed by atoms with Crippen molar-refractivity contribution in [3.05, 3.63) is 64.5 Å². The summed E-state index contributed by atoms with van der Waals surface area (Å²) in [5.41, 5.74) is 9.10. The summed E-state index contributed by atoms with van der Waals surface area (Å²) in [7, 11) is 0. The number of hydrogen-bond acceptors (Lipinski definition) is 2. The van der Waals surface area contributed by atoms with Crippen molar-refractivity contribution in [1.82, 2.24) is 0 Å². The molecule has 2 aromatic rings. The fourth-order valence-corrected chi connectivity index (χ4v) is 2.97. The topological polar surface area (TPSA) is 49.9 Å². The summed E-state index contributed by atoms with van der Waals surface area (Å²) >= 11 is 1.67. The van der Waals surface area contributed by atoms with Crippen LogP contribution in [-0.2, 0) is 5.75 Å². The van der Waals surface area contributed by atoms with Gasteiger partial charge in [0.25, 0.3) is 0 Å². The van der Waals surface area contributed by atoms with Gasteiger partial charge < -0.3 is 5.73 Å². The van der Waals surface area contributed by atoms with Crippen LogP contribution in [0.5, 0.6) is 0 Å². The maximum Gasteiger partial charge on any atom is 0.124 e. The number of thioether (sulfide) groups is 1. The number of nitrogen functional groups attached to an aromatic ring is 1. The lowest BCUT2D eigenvalue weighted by Gasteiger charge is -2.08. The lowest BCUT2D eigenvalue weighted by Crippen LogP contribution is -2.11. The van der Waals surface area contributed by atoms with Gasteiger partial charge >= 0.3 is 0 Å². The van der Waals surface area contributed by atoms with E-state index in [-0.39, 0.29) is 11.7 Å². The van der Waals surface area contributed by atoms with Crippen molar-refractivity contribution in [2.45, 2.75) is 24.5 Å². The third kappa shape index (κ3) is 3.61. The molecule has 0 unspecified atom stereocenters. The van der Waals surface area contributed by atoms with E-state index in [9.17, 15) is 4.39 Å². The van der Waals surface area contributed by atoms with E-state index in [1.807, 2.05) is 0 Å². The molecule has 104 valence electrons. The molecule has 0 radical (unpaired) electrons. The van der Waals surface area contributed by atoms with E-state index >= 15 is 0 Å². The minimum Gasteiger partial charge on any atom is -0.384 e. The molecule has 0 heterocycles. The Kier molecular flexibility index (Phi) is 4.45.